The third-order valence-electron chi connectivity index (χ3n) is 2.82. The Bertz CT molecular complexity index is 488. The van der Waals surface area contributed by atoms with E-state index in [0.29, 0.717) is 17.5 Å². The van der Waals surface area contributed by atoms with E-state index < -0.39 is 10.8 Å². The summed E-state index contributed by atoms with van der Waals surface area (Å²) in [5.41, 5.74) is -0.233. The summed E-state index contributed by atoms with van der Waals surface area (Å²) >= 11 is 5.75. The molecule has 0 unspecified atom stereocenters. The molecule has 2 N–H and O–H groups in total. The third kappa shape index (κ3) is 2.77. The maximum Gasteiger partial charge on any atom is 0.282 e. The Kier molecular flexibility index (Phi) is 3.78. The second-order valence-electron chi connectivity index (χ2n) is 4.15. The zero-order valence-electron chi connectivity index (χ0n) is 9.48. The van der Waals surface area contributed by atoms with Gasteiger partial charge in [-0.05, 0) is 12.1 Å². The van der Waals surface area contributed by atoms with Crippen molar-refractivity contribution in [2.45, 2.75) is 0 Å². The molecule has 0 aromatic heterocycles. The Balaban J connectivity index is 2.11. The lowest BCUT2D eigenvalue weighted by Crippen LogP contribution is -2.48. The van der Waals surface area contributed by atoms with E-state index in [1.165, 1.54) is 18.2 Å². The van der Waals surface area contributed by atoms with Crippen molar-refractivity contribution in [1.29, 1.82) is 0 Å². The van der Waals surface area contributed by atoms with Crippen molar-refractivity contribution in [3.63, 3.8) is 0 Å². The Hall–Kier alpha value is -1.66. The van der Waals surface area contributed by atoms with Gasteiger partial charge in [0.2, 0.25) is 0 Å². The van der Waals surface area contributed by atoms with E-state index >= 15 is 0 Å². The molecule has 1 aliphatic heterocycles. The topological polar surface area (TPSA) is 84.3 Å². The highest BCUT2D eigenvalue weighted by Gasteiger charge is 2.22. The van der Waals surface area contributed by atoms with Crippen molar-refractivity contribution in [2.24, 2.45) is 5.92 Å². The molecule has 1 saturated heterocycles. The lowest BCUT2D eigenvalue weighted by molar-refractivity contribution is -0.385. The minimum Gasteiger partial charge on any atom is -0.351 e. The Labute approximate surface area is 108 Å². The molecular weight excluding hydrogens is 258 g/mol. The van der Waals surface area contributed by atoms with Gasteiger partial charge in [-0.3, -0.25) is 14.9 Å². The number of rotatable bonds is 4. The highest BCUT2D eigenvalue weighted by atomic mass is 35.5. The fraction of sp³-hybridized carbons (Fsp3) is 0.364. The number of amides is 1. The molecule has 96 valence electrons. The van der Waals surface area contributed by atoms with Gasteiger partial charge >= 0.3 is 0 Å². The molecule has 6 nitrogen and oxygen atoms in total. The third-order valence-corrected chi connectivity index (χ3v) is 3.05. The number of benzene rings is 1. The summed E-state index contributed by atoms with van der Waals surface area (Å²) in [7, 11) is 0. The van der Waals surface area contributed by atoms with Crippen molar-refractivity contribution in [3.05, 3.63) is 38.9 Å². The number of nitrogens with zero attached hydrogens (tertiary/aromatic N) is 1. The lowest BCUT2D eigenvalue weighted by Gasteiger charge is -2.27. The number of halogens is 1. The minimum atomic E-state index is -0.587. The Morgan fingerprint density at radius 2 is 2.28 bits per heavy atom. The molecule has 1 amide bonds. The van der Waals surface area contributed by atoms with E-state index in [9.17, 15) is 14.9 Å². The first-order chi connectivity index (χ1) is 8.58. The molecule has 2 rings (SSSR count). The van der Waals surface area contributed by atoms with Gasteiger partial charge in [-0.25, -0.2) is 0 Å². The molecule has 0 radical (unpaired) electrons. The summed E-state index contributed by atoms with van der Waals surface area (Å²) in [6.07, 6.45) is 0. The van der Waals surface area contributed by atoms with Gasteiger partial charge < -0.3 is 10.6 Å². The summed E-state index contributed by atoms with van der Waals surface area (Å²) in [6.45, 7) is 2.23. The molecule has 1 heterocycles. The first kappa shape index (κ1) is 12.8. The van der Waals surface area contributed by atoms with Crippen LogP contribution in [0.5, 0.6) is 0 Å². The van der Waals surface area contributed by atoms with Crippen LogP contribution in [-0.2, 0) is 0 Å². The summed E-state index contributed by atoms with van der Waals surface area (Å²) in [5, 5.41) is 16.9. The van der Waals surface area contributed by atoms with Crippen LogP contribution in [-0.4, -0.2) is 30.5 Å². The van der Waals surface area contributed by atoms with Crippen molar-refractivity contribution >= 4 is 23.2 Å². The summed E-state index contributed by atoms with van der Waals surface area (Å²) < 4.78 is 0. The molecule has 0 spiro atoms. The maximum absolute atomic E-state index is 11.9. The van der Waals surface area contributed by atoms with Crippen LogP contribution in [0.4, 0.5) is 5.69 Å². The van der Waals surface area contributed by atoms with Gasteiger partial charge in [-0.2, -0.15) is 0 Å². The van der Waals surface area contributed by atoms with Gasteiger partial charge in [0.05, 0.1) is 4.92 Å². The second kappa shape index (κ2) is 5.32. The van der Waals surface area contributed by atoms with E-state index in [0.717, 1.165) is 13.1 Å². The van der Waals surface area contributed by atoms with E-state index in [1.807, 2.05) is 0 Å². The first-order valence-electron chi connectivity index (χ1n) is 5.51. The first-order valence-corrected chi connectivity index (χ1v) is 5.88. The van der Waals surface area contributed by atoms with Gasteiger partial charge in [-0.15, -0.1) is 0 Å². The Morgan fingerprint density at radius 1 is 1.56 bits per heavy atom. The normalized spacial score (nSPS) is 14.9. The molecule has 0 atom stereocenters. The SMILES string of the molecule is O=C(NCC1CNC1)c1cc(Cl)ccc1[N+](=O)[O-]. The molecule has 1 fully saturated rings. The predicted octanol–water partition coefficient (Wildman–Crippen LogP) is 1.20. The van der Waals surface area contributed by atoms with Crippen LogP contribution in [0.1, 0.15) is 10.4 Å². The largest absolute Gasteiger partial charge is 0.351 e. The molecule has 7 heteroatoms. The molecule has 0 aliphatic carbocycles. The average Bonchev–Trinajstić information content (AvgIpc) is 2.26. The summed E-state index contributed by atoms with van der Waals surface area (Å²) in [6, 6.07) is 3.95. The van der Waals surface area contributed by atoms with E-state index in [1.54, 1.807) is 0 Å². The fourth-order valence-corrected chi connectivity index (χ4v) is 1.85. The standard InChI is InChI=1S/C11H12ClN3O3/c12-8-1-2-10(15(17)18)9(3-8)11(16)14-6-7-4-13-5-7/h1-3,7,13H,4-6H2,(H,14,16). The van der Waals surface area contributed by atoms with Crippen molar-refractivity contribution in [1.82, 2.24) is 10.6 Å². The van der Waals surface area contributed by atoms with E-state index in [4.69, 9.17) is 11.6 Å². The number of nitrogens with one attached hydrogen (secondary N) is 2. The number of nitro benzene ring substituents is 1. The highest BCUT2D eigenvalue weighted by molar-refractivity contribution is 6.31. The van der Waals surface area contributed by atoms with E-state index in [2.05, 4.69) is 10.6 Å². The molecule has 1 aromatic carbocycles. The van der Waals surface area contributed by atoms with Crippen LogP contribution in [0.15, 0.2) is 18.2 Å². The smallest absolute Gasteiger partial charge is 0.282 e. The summed E-state index contributed by atoms with van der Waals surface area (Å²) in [5.74, 6) is -0.0664. The van der Waals surface area contributed by atoms with Crippen molar-refractivity contribution in [2.75, 3.05) is 19.6 Å². The Morgan fingerprint density at radius 3 is 2.83 bits per heavy atom. The molecule has 0 saturated carbocycles. The maximum atomic E-state index is 11.9. The zero-order chi connectivity index (χ0) is 13.1. The molecule has 1 aromatic rings. The predicted molar refractivity (Wildman–Crippen MR) is 66.8 cm³/mol. The van der Waals surface area contributed by atoms with E-state index in [-0.39, 0.29) is 11.3 Å². The van der Waals surface area contributed by atoms with Gasteiger partial charge in [0.1, 0.15) is 5.56 Å². The van der Waals surface area contributed by atoms with Crippen LogP contribution in [0.3, 0.4) is 0 Å². The fourth-order valence-electron chi connectivity index (χ4n) is 1.67. The van der Waals surface area contributed by atoms with Crippen LogP contribution in [0.2, 0.25) is 5.02 Å². The number of hydrogen-bond acceptors (Lipinski definition) is 4. The van der Waals surface area contributed by atoms with Crippen molar-refractivity contribution < 1.29 is 9.72 Å². The zero-order valence-corrected chi connectivity index (χ0v) is 10.2. The minimum absolute atomic E-state index is 0.000201. The summed E-state index contributed by atoms with van der Waals surface area (Å²) in [4.78, 5) is 22.1. The van der Waals surface area contributed by atoms with Crippen LogP contribution in [0.25, 0.3) is 0 Å². The van der Waals surface area contributed by atoms with Crippen LogP contribution < -0.4 is 10.6 Å². The lowest BCUT2D eigenvalue weighted by atomic mass is 10.0. The molecule has 1 aliphatic rings. The number of nitro groups is 1. The van der Waals surface area contributed by atoms with Gasteiger partial charge in [0.25, 0.3) is 11.6 Å². The van der Waals surface area contributed by atoms with Gasteiger partial charge in [0.15, 0.2) is 0 Å². The molecule has 18 heavy (non-hydrogen) atoms. The highest BCUT2D eigenvalue weighted by Crippen LogP contribution is 2.22. The van der Waals surface area contributed by atoms with Gasteiger partial charge in [-0.1, -0.05) is 11.6 Å². The quantitative estimate of drug-likeness (QED) is 0.635. The van der Waals surface area contributed by atoms with Gasteiger partial charge in [0, 0.05) is 36.6 Å². The van der Waals surface area contributed by atoms with Crippen molar-refractivity contribution in [3.8, 4) is 0 Å². The van der Waals surface area contributed by atoms with Crippen LogP contribution >= 0.6 is 11.6 Å². The number of carbonyl (C=O) groups excluding carboxylic acids is 1. The molecular formula is C11H12ClN3O3. The second-order valence-corrected chi connectivity index (χ2v) is 4.59. The average molecular weight is 270 g/mol. The number of carbonyl (C=O) groups is 1. The van der Waals surface area contributed by atoms with Crippen LogP contribution in [0, 0.1) is 16.0 Å². The monoisotopic (exact) mass is 269 g/mol. The molecule has 0 bridgehead atoms. The number of hydrogen-bond donors (Lipinski definition) is 2.